The van der Waals surface area contributed by atoms with Gasteiger partial charge in [-0.25, -0.2) is 0 Å². The Morgan fingerprint density at radius 2 is 2.03 bits per heavy atom. The summed E-state index contributed by atoms with van der Waals surface area (Å²) in [6, 6.07) is 4.48. The number of piperidine rings is 1. The van der Waals surface area contributed by atoms with Crippen molar-refractivity contribution < 1.29 is 19.7 Å². The van der Waals surface area contributed by atoms with Crippen LogP contribution in [0.1, 0.15) is 76.8 Å². The van der Waals surface area contributed by atoms with Gasteiger partial charge in [-0.15, -0.1) is 0 Å². The van der Waals surface area contributed by atoms with E-state index in [1.807, 2.05) is 20.1 Å². The maximum atomic E-state index is 12.0. The third-order valence-electron chi connectivity index (χ3n) is 11.2. The van der Waals surface area contributed by atoms with Crippen molar-refractivity contribution in [3.8, 4) is 11.5 Å². The molecule has 5 aliphatic carbocycles. The van der Waals surface area contributed by atoms with E-state index in [4.69, 9.17) is 9.47 Å². The Labute approximate surface area is 203 Å². The van der Waals surface area contributed by atoms with Crippen LogP contribution >= 0.6 is 0 Å². The van der Waals surface area contributed by atoms with Crippen molar-refractivity contribution >= 4 is 0 Å². The number of likely N-dealkylation sites (tertiary alicyclic amines) is 1. The molecule has 2 spiro atoms. The van der Waals surface area contributed by atoms with Crippen molar-refractivity contribution in [2.75, 3.05) is 20.2 Å². The highest BCUT2D eigenvalue weighted by Crippen LogP contribution is 2.77. The second-order valence-electron chi connectivity index (χ2n) is 13.4. The Hall–Kier alpha value is -1.30. The third kappa shape index (κ3) is 2.42. The van der Waals surface area contributed by atoms with Gasteiger partial charge in [0, 0.05) is 42.0 Å². The lowest BCUT2D eigenvalue weighted by Crippen LogP contribution is -2.82. The number of phenols is 1. The molecule has 7 atom stereocenters. The fraction of sp³-hybridized carbons (Fsp3) is 0.793. The molecule has 0 radical (unpaired) electrons. The topological polar surface area (TPSA) is 62.2 Å². The van der Waals surface area contributed by atoms with Gasteiger partial charge in [-0.3, -0.25) is 4.90 Å². The van der Waals surface area contributed by atoms with Crippen LogP contribution in [0.15, 0.2) is 12.1 Å². The molecule has 4 bridgehead atoms. The van der Waals surface area contributed by atoms with Gasteiger partial charge in [-0.05, 0) is 88.3 Å². The number of hydrogen-bond acceptors (Lipinski definition) is 5. The second-order valence-corrected chi connectivity index (χ2v) is 13.4. The summed E-state index contributed by atoms with van der Waals surface area (Å²) in [4.78, 5) is 2.83. The SMILES string of the molecule is CO[C@@]12CC[C@@]3(C[C@@H]1[C@](C)(O)CC(C)C)[C@H]1Cc4ccc(O)c5c4[C@@]3(CCN1CC1CC1)[C@H]2O5. The molecule has 1 saturated heterocycles. The van der Waals surface area contributed by atoms with Crippen LogP contribution in [0.25, 0.3) is 0 Å². The monoisotopic (exact) mass is 467 g/mol. The molecule has 8 rings (SSSR count). The van der Waals surface area contributed by atoms with Gasteiger partial charge in [0.1, 0.15) is 11.7 Å². The fourth-order valence-corrected chi connectivity index (χ4v) is 10.1. The molecule has 5 heteroatoms. The first-order chi connectivity index (χ1) is 16.2. The van der Waals surface area contributed by atoms with Crippen molar-refractivity contribution in [3.63, 3.8) is 0 Å². The Morgan fingerprint density at radius 1 is 1.24 bits per heavy atom. The van der Waals surface area contributed by atoms with Crippen molar-refractivity contribution in [2.45, 2.75) is 101 Å². The molecule has 5 nitrogen and oxygen atoms in total. The highest BCUT2D eigenvalue weighted by molar-refractivity contribution is 5.63. The highest BCUT2D eigenvalue weighted by atomic mass is 16.6. The minimum Gasteiger partial charge on any atom is -0.504 e. The molecule has 186 valence electrons. The number of ether oxygens (including phenoxy) is 2. The average molecular weight is 468 g/mol. The second kappa shape index (κ2) is 6.72. The Morgan fingerprint density at radius 3 is 2.74 bits per heavy atom. The summed E-state index contributed by atoms with van der Waals surface area (Å²) in [6.45, 7) is 8.77. The maximum absolute atomic E-state index is 12.0. The highest BCUT2D eigenvalue weighted by Gasteiger charge is 2.81. The van der Waals surface area contributed by atoms with E-state index in [9.17, 15) is 10.2 Å². The predicted molar refractivity (Wildman–Crippen MR) is 130 cm³/mol. The normalized spacial score (nSPS) is 43.5. The van der Waals surface area contributed by atoms with Gasteiger partial charge in [-0.2, -0.15) is 0 Å². The Kier molecular flexibility index (Phi) is 4.33. The molecule has 2 aliphatic heterocycles. The van der Waals surface area contributed by atoms with Crippen LogP contribution in [0.2, 0.25) is 0 Å². The minimum atomic E-state index is -0.824. The first-order valence-corrected chi connectivity index (χ1v) is 13.7. The number of phenolic OH excluding ortho intramolecular Hbond substituents is 1. The quantitative estimate of drug-likeness (QED) is 0.649. The number of aromatic hydroxyl groups is 1. The summed E-state index contributed by atoms with van der Waals surface area (Å²) in [5, 5.41) is 23.0. The smallest absolute Gasteiger partial charge is 0.165 e. The lowest BCUT2D eigenvalue weighted by molar-refractivity contribution is -0.303. The molecule has 0 aromatic heterocycles. The van der Waals surface area contributed by atoms with Gasteiger partial charge in [0.05, 0.1) is 5.60 Å². The molecule has 0 unspecified atom stereocenters. The number of benzene rings is 1. The van der Waals surface area contributed by atoms with E-state index in [1.165, 1.54) is 30.5 Å². The van der Waals surface area contributed by atoms with E-state index >= 15 is 0 Å². The van der Waals surface area contributed by atoms with E-state index in [0.29, 0.717) is 17.7 Å². The van der Waals surface area contributed by atoms with Crippen LogP contribution in [0, 0.1) is 23.2 Å². The lowest BCUT2D eigenvalue weighted by Gasteiger charge is -2.75. The molecule has 34 heavy (non-hydrogen) atoms. The van der Waals surface area contributed by atoms with Gasteiger partial charge >= 0.3 is 0 Å². The van der Waals surface area contributed by atoms with Crippen LogP contribution in [-0.2, 0) is 16.6 Å². The van der Waals surface area contributed by atoms with Gasteiger partial charge in [-0.1, -0.05) is 19.9 Å². The van der Waals surface area contributed by atoms with Gasteiger partial charge in [0.2, 0.25) is 0 Å². The van der Waals surface area contributed by atoms with E-state index in [0.717, 1.165) is 51.0 Å². The lowest BCUT2D eigenvalue weighted by atomic mass is 9.33. The molecular weight excluding hydrogens is 426 g/mol. The van der Waals surface area contributed by atoms with E-state index in [1.54, 1.807) is 0 Å². The summed E-state index contributed by atoms with van der Waals surface area (Å²) in [5.41, 5.74) is 1.23. The van der Waals surface area contributed by atoms with E-state index in [2.05, 4.69) is 24.8 Å². The number of rotatable bonds is 6. The van der Waals surface area contributed by atoms with Crippen LogP contribution in [0.5, 0.6) is 11.5 Å². The van der Waals surface area contributed by atoms with Crippen molar-refractivity contribution in [1.82, 2.24) is 4.90 Å². The standard InChI is InChI=1S/C29H41NO4/c1-17(2)14-26(3,32)21-15-27-9-10-29(21,33-4)25-28(27)11-12-30(16-18-5-6-18)22(27)13-19-7-8-20(31)24(34-25)23(19)28/h7-8,17-18,21-22,25,31-32H,5-6,9-16H2,1-4H3/t21-,22-,25-,26-,27-,28+,29+/m1/s1. The summed E-state index contributed by atoms with van der Waals surface area (Å²) in [6.07, 6.45) is 8.49. The maximum Gasteiger partial charge on any atom is 0.165 e. The van der Waals surface area contributed by atoms with Crippen LogP contribution in [0.3, 0.4) is 0 Å². The average Bonchev–Trinajstić information content (AvgIpc) is 3.53. The molecule has 2 N–H and O–H groups in total. The van der Waals surface area contributed by atoms with Crippen LogP contribution in [0.4, 0.5) is 0 Å². The number of fused-ring (bicyclic) bond motifs is 2. The van der Waals surface area contributed by atoms with Crippen LogP contribution < -0.4 is 4.74 Å². The van der Waals surface area contributed by atoms with E-state index < -0.39 is 11.2 Å². The molecule has 1 aromatic carbocycles. The van der Waals surface area contributed by atoms with Gasteiger partial charge in [0.15, 0.2) is 11.5 Å². The molecule has 1 aromatic rings. The Bertz CT molecular complexity index is 1030. The van der Waals surface area contributed by atoms with Crippen LogP contribution in [-0.4, -0.2) is 58.7 Å². The molecule has 4 saturated carbocycles. The van der Waals surface area contributed by atoms with Gasteiger partial charge in [0.25, 0.3) is 0 Å². The zero-order chi connectivity index (χ0) is 23.7. The number of aliphatic hydroxyl groups is 1. The summed E-state index contributed by atoms with van der Waals surface area (Å²) in [7, 11) is 1.84. The van der Waals surface area contributed by atoms with Crippen molar-refractivity contribution in [3.05, 3.63) is 23.3 Å². The van der Waals surface area contributed by atoms with E-state index in [-0.39, 0.29) is 28.6 Å². The summed E-state index contributed by atoms with van der Waals surface area (Å²) in [5.74, 6) is 2.27. The Balaban J connectivity index is 1.44. The zero-order valence-electron chi connectivity index (χ0n) is 21.3. The molecular formula is C29H41NO4. The fourth-order valence-electron chi connectivity index (χ4n) is 10.1. The third-order valence-corrected chi connectivity index (χ3v) is 11.2. The number of nitrogens with zero attached hydrogens (tertiary/aromatic N) is 1. The van der Waals surface area contributed by atoms with Crippen molar-refractivity contribution in [1.29, 1.82) is 0 Å². The molecule has 7 aliphatic rings. The van der Waals surface area contributed by atoms with Crippen molar-refractivity contribution in [2.24, 2.45) is 23.2 Å². The first-order valence-electron chi connectivity index (χ1n) is 13.7. The summed E-state index contributed by atoms with van der Waals surface area (Å²) >= 11 is 0. The van der Waals surface area contributed by atoms with Gasteiger partial charge < -0.3 is 19.7 Å². The number of methoxy groups -OCH3 is 1. The first kappa shape index (κ1) is 21.9. The minimum absolute atomic E-state index is 0.0145. The number of hydrogen-bond donors (Lipinski definition) is 2. The summed E-state index contributed by atoms with van der Waals surface area (Å²) < 4.78 is 13.4. The molecule has 0 amide bonds. The zero-order valence-corrected chi connectivity index (χ0v) is 21.3. The largest absolute Gasteiger partial charge is 0.504 e. The predicted octanol–water partition coefficient (Wildman–Crippen LogP) is 4.41. The molecule has 5 fully saturated rings. The molecule has 2 heterocycles.